The van der Waals surface area contributed by atoms with E-state index in [4.69, 9.17) is 15.2 Å². The van der Waals surface area contributed by atoms with Crippen molar-refractivity contribution in [3.63, 3.8) is 0 Å². The van der Waals surface area contributed by atoms with Crippen LogP contribution in [0.1, 0.15) is 10.4 Å². The molecule has 2 N–H and O–H groups in total. The summed E-state index contributed by atoms with van der Waals surface area (Å²) in [4.78, 5) is 13.4. The smallest absolute Gasteiger partial charge is 0.258 e. The van der Waals surface area contributed by atoms with E-state index in [1.807, 2.05) is 0 Å². The van der Waals surface area contributed by atoms with Crippen LogP contribution in [0, 0.1) is 0 Å². The fourth-order valence-corrected chi connectivity index (χ4v) is 2.01. The van der Waals surface area contributed by atoms with Crippen LogP contribution in [0.5, 0.6) is 11.5 Å². The van der Waals surface area contributed by atoms with Gasteiger partial charge in [-0.1, -0.05) is 6.07 Å². The van der Waals surface area contributed by atoms with E-state index in [-0.39, 0.29) is 18.7 Å². The molecule has 1 aliphatic heterocycles. The molecule has 20 heavy (non-hydrogen) atoms. The summed E-state index contributed by atoms with van der Waals surface area (Å²) in [6.45, 7) is 0.246. The average Bonchev–Trinajstić information content (AvgIpc) is 2.45. The van der Waals surface area contributed by atoms with Crippen LogP contribution in [0.15, 0.2) is 18.2 Å². The largest absolute Gasteiger partial charge is 0.486 e. The van der Waals surface area contributed by atoms with Crippen molar-refractivity contribution >= 4 is 5.91 Å². The highest BCUT2D eigenvalue weighted by molar-refractivity contribution is 5.98. The fraction of sp³-hybridized carbons (Fsp3) is 0.462. The standard InChI is InChI=1S/C13H16F2N2O3/c14-11(15)8-17(5-4-16)13(18)9-2-1-3-10-12(9)20-7-6-19-10/h1-3,11H,4-8,16H2. The van der Waals surface area contributed by atoms with Crippen molar-refractivity contribution in [2.24, 2.45) is 5.73 Å². The summed E-state index contributed by atoms with van der Waals surface area (Å²) in [6.07, 6.45) is -2.61. The maximum atomic E-state index is 12.5. The second-order valence-corrected chi connectivity index (χ2v) is 4.26. The fourth-order valence-electron chi connectivity index (χ4n) is 2.01. The summed E-state index contributed by atoms with van der Waals surface area (Å²) in [5.41, 5.74) is 5.58. The average molecular weight is 286 g/mol. The van der Waals surface area contributed by atoms with Crippen molar-refractivity contribution in [1.82, 2.24) is 4.90 Å². The monoisotopic (exact) mass is 286 g/mol. The van der Waals surface area contributed by atoms with Gasteiger partial charge < -0.3 is 20.1 Å². The molecule has 7 heteroatoms. The van der Waals surface area contributed by atoms with Gasteiger partial charge in [-0.25, -0.2) is 8.78 Å². The molecule has 0 bridgehead atoms. The van der Waals surface area contributed by atoms with E-state index in [1.165, 1.54) is 6.07 Å². The third kappa shape index (κ3) is 3.16. The number of amides is 1. The Morgan fingerprint density at radius 2 is 2.10 bits per heavy atom. The van der Waals surface area contributed by atoms with Gasteiger partial charge in [0.2, 0.25) is 0 Å². The minimum atomic E-state index is -2.61. The van der Waals surface area contributed by atoms with Gasteiger partial charge in [0, 0.05) is 13.1 Å². The van der Waals surface area contributed by atoms with E-state index in [9.17, 15) is 13.6 Å². The van der Waals surface area contributed by atoms with Gasteiger partial charge in [-0.2, -0.15) is 0 Å². The minimum Gasteiger partial charge on any atom is -0.486 e. The Labute approximate surface area is 115 Å². The first kappa shape index (κ1) is 14.5. The molecule has 1 aromatic rings. The number of fused-ring (bicyclic) bond motifs is 1. The lowest BCUT2D eigenvalue weighted by atomic mass is 10.1. The van der Waals surface area contributed by atoms with Crippen molar-refractivity contribution in [3.8, 4) is 11.5 Å². The number of ether oxygens (including phenoxy) is 2. The Morgan fingerprint density at radius 1 is 1.35 bits per heavy atom. The highest BCUT2D eigenvalue weighted by Crippen LogP contribution is 2.34. The van der Waals surface area contributed by atoms with E-state index < -0.39 is 18.9 Å². The van der Waals surface area contributed by atoms with Gasteiger partial charge in [-0.3, -0.25) is 4.79 Å². The van der Waals surface area contributed by atoms with E-state index in [0.29, 0.717) is 24.7 Å². The zero-order valence-electron chi connectivity index (χ0n) is 10.9. The van der Waals surface area contributed by atoms with Gasteiger partial charge in [0.25, 0.3) is 12.3 Å². The number of nitrogens with two attached hydrogens (primary N) is 1. The SMILES string of the molecule is NCCN(CC(F)F)C(=O)c1cccc2c1OCCO2. The first-order valence-corrected chi connectivity index (χ1v) is 6.29. The third-order valence-electron chi connectivity index (χ3n) is 2.84. The Balaban J connectivity index is 2.26. The van der Waals surface area contributed by atoms with Crippen molar-refractivity contribution in [2.45, 2.75) is 6.43 Å². The normalized spacial score (nSPS) is 13.4. The van der Waals surface area contributed by atoms with Crippen molar-refractivity contribution in [2.75, 3.05) is 32.8 Å². The first-order chi connectivity index (χ1) is 9.63. The molecule has 0 spiro atoms. The zero-order chi connectivity index (χ0) is 14.5. The summed E-state index contributed by atoms with van der Waals surface area (Å²) in [5, 5.41) is 0. The molecule has 2 rings (SSSR count). The minimum absolute atomic E-state index is 0.0632. The molecule has 0 atom stereocenters. The summed E-state index contributed by atoms with van der Waals surface area (Å²) in [6, 6.07) is 4.83. The number of para-hydroxylation sites is 1. The highest BCUT2D eigenvalue weighted by atomic mass is 19.3. The molecule has 5 nitrogen and oxygen atoms in total. The van der Waals surface area contributed by atoms with Crippen molar-refractivity contribution < 1.29 is 23.0 Å². The molecule has 1 aliphatic rings. The molecular formula is C13H16F2N2O3. The van der Waals surface area contributed by atoms with Gasteiger partial charge in [0.1, 0.15) is 13.2 Å². The lowest BCUT2D eigenvalue weighted by Gasteiger charge is -2.25. The van der Waals surface area contributed by atoms with E-state index in [1.54, 1.807) is 12.1 Å². The van der Waals surface area contributed by atoms with Crippen LogP contribution in [0.4, 0.5) is 8.78 Å². The van der Waals surface area contributed by atoms with Gasteiger partial charge in [0.15, 0.2) is 11.5 Å². The first-order valence-electron chi connectivity index (χ1n) is 6.29. The second kappa shape index (κ2) is 6.51. The van der Waals surface area contributed by atoms with Crippen molar-refractivity contribution in [1.29, 1.82) is 0 Å². The quantitative estimate of drug-likeness (QED) is 0.881. The molecule has 0 saturated carbocycles. The van der Waals surface area contributed by atoms with Crippen molar-refractivity contribution in [3.05, 3.63) is 23.8 Å². The van der Waals surface area contributed by atoms with Crippen LogP contribution in [0.2, 0.25) is 0 Å². The number of hydrogen-bond donors (Lipinski definition) is 1. The van der Waals surface area contributed by atoms with Crippen LogP contribution in [-0.4, -0.2) is 50.1 Å². The molecule has 1 amide bonds. The van der Waals surface area contributed by atoms with Crippen LogP contribution in [0.25, 0.3) is 0 Å². The molecule has 0 saturated heterocycles. The molecule has 1 heterocycles. The Bertz CT molecular complexity index is 483. The van der Waals surface area contributed by atoms with Gasteiger partial charge in [-0.05, 0) is 12.1 Å². The number of alkyl halides is 2. The maximum Gasteiger partial charge on any atom is 0.258 e. The molecule has 110 valence electrons. The summed E-state index contributed by atoms with van der Waals surface area (Å²) in [7, 11) is 0. The van der Waals surface area contributed by atoms with Gasteiger partial charge in [0.05, 0.1) is 12.1 Å². The molecule has 1 aromatic carbocycles. The summed E-state index contributed by atoms with van der Waals surface area (Å²) >= 11 is 0. The number of hydrogen-bond acceptors (Lipinski definition) is 4. The molecule has 0 fully saturated rings. The van der Waals surface area contributed by atoms with Crippen LogP contribution in [-0.2, 0) is 0 Å². The third-order valence-corrected chi connectivity index (χ3v) is 2.84. The summed E-state index contributed by atoms with van der Waals surface area (Å²) in [5.74, 6) is 0.227. The zero-order valence-corrected chi connectivity index (χ0v) is 10.9. The van der Waals surface area contributed by atoms with Crippen LogP contribution < -0.4 is 15.2 Å². The predicted octanol–water partition coefficient (Wildman–Crippen LogP) is 1.12. The molecule has 0 radical (unpaired) electrons. The Hall–Kier alpha value is -1.89. The topological polar surface area (TPSA) is 64.8 Å². The van der Waals surface area contributed by atoms with Gasteiger partial charge >= 0.3 is 0 Å². The number of benzene rings is 1. The summed E-state index contributed by atoms with van der Waals surface area (Å²) < 4.78 is 35.8. The molecule has 0 aromatic heterocycles. The van der Waals surface area contributed by atoms with E-state index in [0.717, 1.165) is 4.90 Å². The molecule has 0 unspecified atom stereocenters. The number of nitrogens with zero attached hydrogens (tertiary/aromatic N) is 1. The van der Waals surface area contributed by atoms with Crippen LogP contribution >= 0.6 is 0 Å². The lowest BCUT2D eigenvalue weighted by molar-refractivity contribution is 0.0555. The predicted molar refractivity (Wildman–Crippen MR) is 68.4 cm³/mol. The van der Waals surface area contributed by atoms with Gasteiger partial charge in [-0.15, -0.1) is 0 Å². The highest BCUT2D eigenvalue weighted by Gasteiger charge is 2.25. The van der Waals surface area contributed by atoms with E-state index >= 15 is 0 Å². The number of carbonyl (C=O) groups is 1. The van der Waals surface area contributed by atoms with E-state index in [2.05, 4.69) is 0 Å². The molecular weight excluding hydrogens is 270 g/mol. The Morgan fingerprint density at radius 3 is 2.80 bits per heavy atom. The number of halogens is 2. The molecule has 0 aliphatic carbocycles. The number of rotatable bonds is 5. The second-order valence-electron chi connectivity index (χ2n) is 4.26. The maximum absolute atomic E-state index is 12.5. The Kier molecular flexibility index (Phi) is 4.73. The lowest BCUT2D eigenvalue weighted by Crippen LogP contribution is -2.39. The van der Waals surface area contributed by atoms with Crippen LogP contribution in [0.3, 0.4) is 0 Å². The number of carbonyl (C=O) groups excluding carboxylic acids is 1.